The van der Waals surface area contributed by atoms with Crippen molar-refractivity contribution in [3.05, 3.63) is 66.2 Å². The van der Waals surface area contributed by atoms with Gasteiger partial charge in [0.05, 0.1) is 6.04 Å². The third-order valence-corrected chi connectivity index (χ3v) is 5.16. The summed E-state index contributed by atoms with van der Waals surface area (Å²) in [6.45, 7) is 7.14. The van der Waals surface area contributed by atoms with Crippen molar-refractivity contribution < 1.29 is 0 Å². The number of nitrogens with one attached hydrogen (secondary N) is 1. The standard InChI is InChI=1S/C17H18Cl2IN/c1-4-21-17(14-9-12(18)5-6-16(14)20)13-7-11(3)15(19)8-10(13)2/h5-9,17,21H,4H2,1-3H3. The third kappa shape index (κ3) is 3.92. The Labute approximate surface area is 150 Å². The first-order valence-electron chi connectivity index (χ1n) is 6.89. The lowest BCUT2D eigenvalue weighted by Crippen LogP contribution is -2.23. The summed E-state index contributed by atoms with van der Waals surface area (Å²) in [6.07, 6.45) is 0. The van der Waals surface area contributed by atoms with Gasteiger partial charge in [0.25, 0.3) is 0 Å². The van der Waals surface area contributed by atoms with Gasteiger partial charge in [-0.05, 0) is 89.5 Å². The van der Waals surface area contributed by atoms with Crippen LogP contribution in [0.1, 0.15) is 35.2 Å². The molecule has 0 radical (unpaired) electrons. The van der Waals surface area contributed by atoms with Gasteiger partial charge in [-0.3, -0.25) is 0 Å². The van der Waals surface area contributed by atoms with Crippen molar-refractivity contribution in [3.63, 3.8) is 0 Å². The Balaban J connectivity index is 2.58. The molecule has 0 spiro atoms. The molecule has 1 atom stereocenters. The molecule has 0 amide bonds. The van der Waals surface area contributed by atoms with Crippen LogP contribution in [0.2, 0.25) is 10.0 Å². The zero-order valence-corrected chi connectivity index (χ0v) is 16.0. The van der Waals surface area contributed by atoms with Gasteiger partial charge < -0.3 is 5.32 Å². The molecule has 1 nitrogen and oxygen atoms in total. The van der Waals surface area contributed by atoms with E-state index in [0.717, 1.165) is 22.2 Å². The zero-order chi connectivity index (χ0) is 15.6. The summed E-state index contributed by atoms with van der Waals surface area (Å²) >= 11 is 14.8. The Kier molecular flexibility index (Phi) is 5.95. The summed E-state index contributed by atoms with van der Waals surface area (Å²) in [6, 6.07) is 10.4. The Morgan fingerprint density at radius 2 is 1.76 bits per heavy atom. The quantitative estimate of drug-likeness (QED) is 0.590. The van der Waals surface area contributed by atoms with E-state index in [1.165, 1.54) is 20.3 Å². The lowest BCUT2D eigenvalue weighted by atomic mass is 9.93. The molecule has 2 aromatic carbocycles. The van der Waals surface area contributed by atoms with Gasteiger partial charge in [0.15, 0.2) is 0 Å². The van der Waals surface area contributed by atoms with Crippen LogP contribution in [0.25, 0.3) is 0 Å². The van der Waals surface area contributed by atoms with Crippen LogP contribution in [0.15, 0.2) is 30.3 Å². The van der Waals surface area contributed by atoms with Gasteiger partial charge in [0.1, 0.15) is 0 Å². The van der Waals surface area contributed by atoms with Gasteiger partial charge in [-0.25, -0.2) is 0 Å². The van der Waals surface area contributed by atoms with Crippen LogP contribution in [0.4, 0.5) is 0 Å². The van der Waals surface area contributed by atoms with Gasteiger partial charge in [0.2, 0.25) is 0 Å². The molecule has 1 N–H and O–H groups in total. The van der Waals surface area contributed by atoms with Gasteiger partial charge in [0, 0.05) is 13.6 Å². The maximum Gasteiger partial charge on any atom is 0.0590 e. The van der Waals surface area contributed by atoms with E-state index >= 15 is 0 Å². The van der Waals surface area contributed by atoms with Crippen LogP contribution in [-0.4, -0.2) is 6.54 Å². The Morgan fingerprint density at radius 1 is 1.05 bits per heavy atom. The third-order valence-electron chi connectivity index (χ3n) is 3.54. The number of aryl methyl sites for hydroxylation is 2. The van der Waals surface area contributed by atoms with Crippen LogP contribution >= 0.6 is 45.8 Å². The molecule has 0 aliphatic heterocycles. The summed E-state index contributed by atoms with van der Waals surface area (Å²) in [5.41, 5.74) is 4.73. The van der Waals surface area contributed by atoms with E-state index in [4.69, 9.17) is 23.2 Å². The van der Waals surface area contributed by atoms with Gasteiger partial charge in [-0.15, -0.1) is 0 Å². The largest absolute Gasteiger partial charge is 0.306 e. The first-order valence-corrected chi connectivity index (χ1v) is 8.72. The number of hydrogen-bond donors (Lipinski definition) is 1. The Morgan fingerprint density at radius 3 is 2.43 bits per heavy atom. The van der Waals surface area contributed by atoms with E-state index in [1.54, 1.807) is 0 Å². The fourth-order valence-corrected chi connectivity index (χ4v) is 3.49. The second-order valence-electron chi connectivity index (χ2n) is 5.11. The summed E-state index contributed by atoms with van der Waals surface area (Å²) in [7, 11) is 0. The van der Waals surface area contributed by atoms with Crippen molar-refractivity contribution in [2.24, 2.45) is 0 Å². The molecule has 0 aliphatic rings. The molecule has 0 aliphatic carbocycles. The highest BCUT2D eigenvalue weighted by Crippen LogP contribution is 2.32. The predicted molar refractivity (Wildman–Crippen MR) is 101 cm³/mol. The molecule has 4 heteroatoms. The molecule has 112 valence electrons. The lowest BCUT2D eigenvalue weighted by Gasteiger charge is -2.23. The summed E-state index contributed by atoms with van der Waals surface area (Å²) < 4.78 is 1.20. The highest BCUT2D eigenvalue weighted by molar-refractivity contribution is 14.1. The van der Waals surface area contributed by atoms with Crippen molar-refractivity contribution in [1.82, 2.24) is 5.32 Å². The van der Waals surface area contributed by atoms with Crippen LogP contribution in [0, 0.1) is 17.4 Å². The maximum atomic E-state index is 6.23. The van der Waals surface area contributed by atoms with E-state index < -0.39 is 0 Å². The molecule has 0 saturated heterocycles. The molecule has 2 rings (SSSR count). The summed E-state index contributed by atoms with van der Waals surface area (Å²) in [5.74, 6) is 0. The lowest BCUT2D eigenvalue weighted by molar-refractivity contribution is 0.625. The van der Waals surface area contributed by atoms with Crippen molar-refractivity contribution in [1.29, 1.82) is 0 Å². The molecule has 0 heterocycles. The monoisotopic (exact) mass is 433 g/mol. The van der Waals surface area contributed by atoms with E-state index in [-0.39, 0.29) is 6.04 Å². The minimum atomic E-state index is 0.122. The minimum Gasteiger partial charge on any atom is -0.306 e. The Bertz CT molecular complexity index is 655. The Hall–Kier alpha value is -0.290. The molecular formula is C17H18Cl2IN. The van der Waals surface area contributed by atoms with E-state index in [1.807, 2.05) is 25.1 Å². The maximum absolute atomic E-state index is 6.23. The molecular weight excluding hydrogens is 416 g/mol. The molecule has 0 bridgehead atoms. The second kappa shape index (κ2) is 7.32. The van der Waals surface area contributed by atoms with E-state index in [0.29, 0.717) is 0 Å². The minimum absolute atomic E-state index is 0.122. The highest BCUT2D eigenvalue weighted by Gasteiger charge is 2.19. The van der Waals surface area contributed by atoms with Crippen molar-refractivity contribution in [2.45, 2.75) is 26.8 Å². The summed E-state index contributed by atoms with van der Waals surface area (Å²) in [4.78, 5) is 0. The van der Waals surface area contributed by atoms with Gasteiger partial charge >= 0.3 is 0 Å². The molecule has 2 aromatic rings. The van der Waals surface area contributed by atoms with Crippen molar-refractivity contribution >= 4 is 45.8 Å². The molecule has 0 aromatic heterocycles. The molecule has 1 unspecified atom stereocenters. The van der Waals surface area contributed by atoms with Crippen LogP contribution < -0.4 is 5.32 Å². The molecule has 21 heavy (non-hydrogen) atoms. The fourth-order valence-electron chi connectivity index (χ4n) is 2.44. The fraction of sp³-hybridized carbons (Fsp3) is 0.294. The number of rotatable bonds is 4. The predicted octanol–water partition coefficient (Wildman–Crippen LogP) is 5.91. The molecule has 0 fully saturated rings. The topological polar surface area (TPSA) is 12.0 Å². The van der Waals surface area contributed by atoms with Crippen LogP contribution in [-0.2, 0) is 0 Å². The van der Waals surface area contributed by atoms with E-state index in [9.17, 15) is 0 Å². The SMILES string of the molecule is CCNC(c1cc(C)c(Cl)cc1C)c1cc(Cl)ccc1I. The van der Waals surface area contributed by atoms with Crippen LogP contribution in [0.5, 0.6) is 0 Å². The number of halogens is 3. The average Bonchev–Trinajstić information content (AvgIpc) is 2.43. The first kappa shape index (κ1) is 17.1. The normalized spacial score (nSPS) is 12.5. The highest BCUT2D eigenvalue weighted by atomic mass is 127. The number of hydrogen-bond acceptors (Lipinski definition) is 1. The van der Waals surface area contributed by atoms with Gasteiger partial charge in [-0.2, -0.15) is 0 Å². The number of benzene rings is 2. The van der Waals surface area contributed by atoms with Crippen molar-refractivity contribution in [2.75, 3.05) is 6.54 Å². The smallest absolute Gasteiger partial charge is 0.0590 e. The second-order valence-corrected chi connectivity index (χ2v) is 7.12. The van der Waals surface area contributed by atoms with Crippen molar-refractivity contribution in [3.8, 4) is 0 Å². The first-order chi connectivity index (χ1) is 9.93. The summed E-state index contributed by atoms with van der Waals surface area (Å²) in [5, 5.41) is 5.14. The average molecular weight is 434 g/mol. The molecule has 0 saturated carbocycles. The van der Waals surface area contributed by atoms with E-state index in [2.05, 4.69) is 53.9 Å². The zero-order valence-electron chi connectivity index (χ0n) is 12.3. The van der Waals surface area contributed by atoms with Crippen LogP contribution in [0.3, 0.4) is 0 Å². The van der Waals surface area contributed by atoms with Gasteiger partial charge in [-0.1, -0.05) is 36.2 Å².